The Morgan fingerprint density at radius 1 is 1.07 bits per heavy atom. The van der Waals surface area contributed by atoms with E-state index in [1.54, 1.807) is 20.8 Å². The number of benzene rings is 1. The number of nitrogens with zero attached hydrogens (tertiary/aromatic N) is 1. The zero-order chi connectivity index (χ0) is 21.3. The molecule has 28 heavy (non-hydrogen) atoms. The number of esters is 1. The third-order valence-corrected chi connectivity index (χ3v) is 5.95. The van der Waals surface area contributed by atoms with Crippen LogP contribution in [0.25, 0.3) is 0 Å². The molecular formula is C18H27N3O6S. The quantitative estimate of drug-likeness (QED) is 0.539. The Balaban J connectivity index is 2.67. The second kappa shape index (κ2) is 10.8. The van der Waals surface area contributed by atoms with Crippen LogP contribution < -0.4 is 10.6 Å². The van der Waals surface area contributed by atoms with Crippen LogP contribution in [0.1, 0.15) is 38.1 Å². The maximum atomic E-state index is 12.4. The van der Waals surface area contributed by atoms with Gasteiger partial charge in [0.2, 0.25) is 15.9 Å². The summed E-state index contributed by atoms with van der Waals surface area (Å²) in [5.41, 5.74) is 0.114. The number of carbonyl (C=O) groups is 3. The van der Waals surface area contributed by atoms with Gasteiger partial charge in [0, 0.05) is 19.6 Å². The molecule has 1 rings (SSSR count). The molecule has 0 unspecified atom stereocenters. The number of carbonyl (C=O) groups excluding carboxylic acids is 3. The molecule has 1 atom stereocenters. The van der Waals surface area contributed by atoms with Gasteiger partial charge in [0.15, 0.2) is 6.61 Å². The van der Waals surface area contributed by atoms with Crippen LogP contribution >= 0.6 is 0 Å². The summed E-state index contributed by atoms with van der Waals surface area (Å²) in [5.74, 6) is -1.73. The first-order chi connectivity index (χ1) is 13.2. The van der Waals surface area contributed by atoms with Crippen molar-refractivity contribution in [2.45, 2.75) is 38.6 Å². The minimum Gasteiger partial charge on any atom is -0.452 e. The maximum Gasteiger partial charge on any atom is 0.338 e. The van der Waals surface area contributed by atoms with Gasteiger partial charge in [-0.05, 0) is 38.1 Å². The normalized spacial score (nSPS) is 12.3. The lowest BCUT2D eigenvalue weighted by Gasteiger charge is -2.18. The predicted molar refractivity (Wildman–Crippen MR) is 103 cm³/mol. The molecule has 156 valence electrons. The highest BCUT2D eigenvalue weighted by molar-refractivity contribution is 7.89. The van der Waals surface area contributed by atoms with E-state index >= 15 is 0 Å². The predicted octanol–water partition coefficient (Wildman–Crippen LogP) is 0.515. The van der Waals surface area contributed by atoms with Crippen molar-refractivity contribution < 1.29 is 27.5 Å². The summed E-state index contributed by atoms with van der Waals surface area (Å²) in [5, 5.41) is 4.97. The van der Waals surface area contributed by atoms with Crippen molar-refractivity contribution in [1.29, 1.82) is 0 Å². The number of sulfonamides is 1. The van der Waals surface area contributed by atoms with Gasteiger partial charge in [-0.2, -0.15) is 4.31 Å². The molecule has 2 N–H and O–H groups in total. The summed E-state index contributed by atoms with van der Waals surface area (Å²) in [6.45, 7) is 7.32. The lowest BCUT2D eigenvalue weighted by molar-refractivity contribution is -0.130. The van der Waals surface area contributed by atoms with Crippen molar-refractivity contribution in [2.24, 2.45) is 0 Å². The van der Waals surface area contributed by atoms with E-state index in [9.17, 15) is 22.8 Å². The largest absolute Gasteiger partial charge is 0.452 e. The number of rotatable bonds is 10. The average molecular weight is 413 g/mol. The monoisotopic (exact) mass is 413 g/mol. The van der Waals surface area contributed by atoms with Crippen LogP contribution in [0.2, 0.25) is 0 Å². The summed E-state index contributed by atoms with van der Waals surface area (Å²) >= 11 is 0. The fourth-order valence-corrected chi connectivity index (χ4v) is 3.82. The highest BCUT2D eigenvalue weighted by Crippen LogP contribution is 2.16. The molecule has 0 aliphatic heterocycles. The third-order valence-electron chi connectivity index (χ3n) is 3.89. The molecule has 1 aromatic carbocycles. The van der Waals surface area contributed by atoms with Gasteiger partial charge in [-0.15, -0.1) is 0 Å². The van der Waals surface area contributed by atoms with E-state index in [1.165, 1.54) is 35.5 Å². The molecule has 1 aromatic rings. The first-order valence-corrected chi connectivity index (χ1v) is 10.5. The smallest absolute Gasteiger partial charge is 0.338 e. The van der Waals surface area contributed by atoms with E-state index in [4.69, 9.17) is 4.74 Å². The van der Waals surface area contributed by atoms with Crippen LogP contribution in [0.3, 0.4) is 0 Å². The SMILES string of the molecule is CCNC(=O)[C@H](C)NC(=O)COC(=O)c1ccc(S(=O)(=O)N(CC)CC)cc1. The Bertz CT molecular complexity index is 788. The molecule has 0 aliphatic rings. The minimum absolute atomic E-state index is 0.0706. The lowest BCUT2D eigenvalue weighted by Crippen LogP contribution is -2.46. The van der Waals surface area contributed by atoms with Crippen LogP contribution in [-0.4, -0.2) is 62.8 Å². The zero-order valence-electron chi connectivity index (χ0n) is 16.5. The molecule has 0 saturated carbocycles. The molecule has 0 saturated heterocycles. The molecule has 10 heteroatoms. The van der Waals surface area contributed by atoms with Gasteiger partial charge >= 0.3 is 5.97 Å². The number of nitrogens with one attached hydrogen (secondary N) is 2. The van der Waals surface area contributed by atoms with Crippen molar-refractivity contribution in [3.05, 3.63) is 29.8 Å². The standard InChI is InChI=1S/C18H27N3O6S/c1-5-19-17(23)13(4)20-16(22)12-27-18(24)14-8-10-15(11-9-14)28(25,26)21(6-2)7-3/h8-11,13H,5-7,12H2,1-4H3,(H,19,23)(H,20,22)/t13-/m0/s1. The third kappa shape index (κ3) is 6.31. The second-order valence-corrected chi connectivity index (χ2v) is 7.81. The molecule has 0 spiro atoms. The van der Waals surface area contributed by atoms with Crippen molar-refractivity contribution in [1.82, 2.24) is 14.9 Å². The van der Waals surface area contributed by atoms with Crippen molar-refractivity contribution in [3.8, 4) is 0 Å². The Labute approximate surface area is 165 Å². The molecule has 9 nitrogen and oxygen atoms in total. The van der Waals surface area contributed by atoms with Gasteiger partial charge in [-0.25, -0.2) is 13.2 Å². The molecule has 0 bridgehead atoms. The summed E-state index contributed by atoms with van der Waals surface area (Å²) in [7, 11) is -3.62. The Hall–Kier alpha value is -2.46. The first-order valence-electron chi connectivity index (χ1n) is 9.01. The number of hydrogen-bond donors (Lipinski definition) is 2. The van der Waals surface area contributed by atoms with E-state index in [0.29, 0.717) is 19.6 Å². The Morgan fingerprint density at radius 3 is 2.14 bits per heavy atom. The molecule has 0 fully saturated rings. The lowest BCUT2D eigenvalue weighted by atomic mass is 10.2. The highest BCUT2D eigenvalue weighted by Gasteiger charge is 2.22. The van der Waals surface area contributed by atoms with Crippen LogP contribution in [0.4, 0.5) is 0 Å². The summed E-state index contributed by atoms with van der Waals surface area (Å²) in [4.78, 5) is 35.4. The van der Waals surface area contributed by atoms with Gasteiger partial charge in [0.05, 0.1) is 10.5 Å². The molecule has 0 aromatic heterocycles. The van der Waals surface area contributed by atoms with Gasteiger partial charge in [-0.3, -0.25) is 9.59 Å². The molecular weight excluding hydrogens is 386 g/mol. The van der Waals surface area contributed by atoms with Crippen molar-refractivity contribution in [2.75, 3.05) is 26.2 Å². The van der Waals surface area contributed by atoms with Crippen LogP contribution in [-0.2, 0) is 24.3 Å². The second-order valence-electron chi connectivity index (χ2n) is 5.87. The van der Waals surface area contributed by atoms with E-state index in [0.717, 1.165) is 0 Å². The fourth-order valence-electron chi connectivity index (χ4n) is 2.37. The fraction of sp³-hybridized carbons (Fsp3) is 0.500. The van der Waals surface area contributed by atoms with Crippen LogP contribution in [0, 0.1) is 0 Å². The van der Waals surface area contributed by atoms with Gasteiger partial charge in [0.25, 0.3) is 5.91 Å². The van der Waals surface area contributed by atoms with E-state index in [2.05, 4.69) is 10.6 Å². The summed E-state index contributed by atoms with van der Waals surface area (Å²) in [6.07, 6.45) is 0. The molecule has 0 heterocycles. The van der Waals surface area contributed by atoms with E-state index in [-0.39, 0.29) is 16.4 Å². The van der Waals surface area contributed by atoms with Crippen LogP contribution in [0.15, 0.2) is 29.2 Å². The molecule has 2 amide bonds. The number of ether oxygens (including phenoxy) is 1. The summed E-state index contributed by atoms with van der Waals surface area (Å²) < 4.78 is 31.0. The van der Waals surface area contributed by atoms with Crippen LogP contribution in [0.5, 0.6) is 0 Å². The van der Waals surface area contributed by atoms with Crippen molar-refractivity contribution >= 4 is 27.8 Å². The number of amides is 2. The van der Waals surface area contributed by atoms with Crippen molar-refractivity contribution in [3.63, 3.8) is 0 Å². The molecule has 0 aliphatic carbocycles. The number of hydrogen-bond acceptors (Lipinski definition) is 6. The zero-order valence-corrected chi connectivity index (χ0v) is 17.3. The highest BCUT2D eigenvalue weighted by atomic mass is 32.2. The van der Waals surface area contributed by atoms with E-state index in [1.807, 2.05) is 0 Å². The Morgan fingerprint density at radius 2 is 1.64 bits per heavy atom. The summed E-state index contributed by atoms with van der Waals surface area (Å²) in [6, 6.07) is 4.54. The van der Waals surface area contributed by atoms with Gasteiger partial charge < -0.3 is 15.4 Å². The first kappa shape index (κ1) is 23.6. The topological polar surface area (TPSA) is 122 Å². The number of likely N-dealkylation sites (N-methyl/N-ethyl adjacent to an activating group) is 1. The van der Waals surface area contributed by atoms with E-state index < -0.39 is 34.5 Å². The maximum absolute atomic E-state index is 12.4. The Kier molecular flexibility index (Phi) is 9.07. The van der Waals surface area contributed by atoms with Gasteiger partial charge in [0.1, 0.15) is 6.04 Å². The van der Waals surface area contributed by atoms with Gasteiger partial charge in [-0.1, -0.05) is 13.8 Å². The minimum atomic E-state index is -3.62. The average Bonchev–Trinajstić information content (AvgIpc) is 2.67. The molecule has 0 radical (unpaired) electrons.